The van der Waals surface area contributed by atoms with Crippen molar-refractivity contribution in [1.82, 2.24) is 14.5 Å². The molecule has 0 N–H and O–H groups in total. The highest BCUT2D eigenvalue weighted by atomic mass is 35.5. The fraction of sp³-hybridized carbons (Fsp3) is 0.276. The number of nitrogens with zero attached hydrogens (tertiary/aromatic N) is 3. The molecule has 0 fully saturated rings. The van der Waals surface area contributed by atoms with Crippen LogP contribution in [-0.4, -0.2) is 21.2 Å². The Morgan fingerprint density at radius 2 is 1.69 bits per heavy atom. The molecule has 1 aliphatic heterocycles. The van der Waals surface area contributed by atoms with Crippen LogP contribution >= 0.6 is 11.6 Å². The molecule has 0 unspecified atom stereocenters. The second-order valence-corrected chi connectivity index (χ2v) is 9.43. The Hall–Kier alpha value is -3.35. The van der Waals surface area contributed by atoms with Gasteiger partial charge in [0.1, 0.15) is 11.6 Å². The Morgan fingerprint density at radius 1 is 0.944 bits per heavy atom. The van der Waals surface area contributed by atoms with Crippen molar-refractivity contribution in [2.24, 2.45) is 0 Å². The van der Waals surface area contributed by atoms with Gasteiger partial charge in [-0.1, -0.05) is 67.4 Å². The summed E-state index contributed by atoms with van der Waals surface area (Å²) >= 11 is 6.10. The van der Waals surface area contributed by atoms with Crippen LogP contribution in [0.3, 0.4) is 0 Å². The zero-order chi connectivity index (χ0) is 24.9. The summed E-state index contributed by atoms with van der Waals surface area (Å²) in [6, 6.07) is 21.2. The third-order valence-corrected chi connectivity index (χ3v) is 6.61. The summed E-state index contributed by atoms with van der Waals surface area (Å²) in [6.07, 6.45) is 4.14. The fourth-order valence-electron chi connectivity index (χ4n) is 4.51. The third-order valence-electron chi connectivity index (χ3n) is 6.32. The average Bonchev–Trinajstić information content (AvgIpc) is 3.52. The van der Waals surface area contributed by atoms with E-state index >= 15 is 0 Å². The summed E-state index contributed by atoms with van der Waals surface area (Å²) in [4.78, 5) is 7.12. The molecule has 4 aromatic rings. The topological polar surface area (TPSA) is 39.5 Å². The summed E-state index contributed by atoms with van der Waals surface area (Å²) in [6.45, 7) is 5.29. The number of unbranched alkanes of at least 4 members (excludes halogenated alkanes) is 1. The van der Waals surface area contributed by atoms with E-state index < -0.39 is 5.82 Å². The first-order valence-corrected chi connectivity index (χ1v) is 12.6. The summed E-state index contributed by atoms with van der Waals surface area (Å²) in [7, 11) is 0. The van der Waals surface area contributed by atoms with E-state index in [-0.39, 0.29) is 11.8 Å². The largest absolute Gasteiger partial charge is 0.454 e. The van der Waals surface area contributed by atoms with Crippen molar-refractivity contribution in [3.8, 4) is 22.9 Å². The highest BCUT2D eigenvalue weighted by Crippen LogP contribution is 2.33. The summed E-state index contributed by atoms with van der Waals surface area (Å²) in [5, 5.41) is 0.134. The number of benzene rings is 3. The van der Waals surface area contributed by atoms with Crippen LogP contribution in [0.25, 0.3) is 11.4 Å². The lowest BCUT2D eigenvalue weighted by atomic mass is 10.1. The summed E-state index contributed by atoms with van der Waals surface area (Å²) in [5.74, 6) is 2.09. The van der Waals surface area contributed by atoms with Crippen molar-refractivity contribution in [3.63, 3.8) is 0 Å². The first kappa shape index (κ1) is 24.3. The standard InChI is InChI=1S/C29H29ClFN3O2/c1-2-3-13-34-24(16-32-29(34)23-7-5-4-6-8-23)19-33(17-21-9-11-26(31)25(30)14-21)18-22-10-12-27-28(15-22)36-20-35-27/h4-12,14-16H,2-3,13,17-20H2,1H3. The van der Waals surface area contributed by atoms with Gasteiger partial charge in [0.2, 0.25) is 6.79 Å². The van der Waals surface area contributed by atoms with E-state index in [4.69, 9.17) is 26.1 Å². The molecule has 5 rings (SSSR count). The molecular formula is C29H29ClFN3O2. The van der Waals surface area contributed by atoms with Crippen molar-refractivity contribution in [3.05, 3.63) is 101 Å². The zero-order valence-corrected chi connectivity index (χ0v) is 21.0. The van der Waals surface area contributed by atoms with E-state index in [2.05, 4.69) is 34.6 Å². The molecule has 0 spiro atoms. The number of halogens is 2. The van der Waals surface area contributed by atoms with Crippen LogP contribution in [0.4, 0.5) is 4.39 Å². The molecule has 7 heteroatoms. The molecule has 0 saturated carbocycles. The molecule has 1 aliphatic rings. The molecule has 5 nitrogen and oxygen atoms in total. The lowest BCUT2D eigenvalue weighted by Gasteiger charge is -2.24. The molecule has 3 aromatic carbocycles. The first-order valence-electron chi connectivity index (χ1n) is 12.3. The van der Waals surface area contributed by atoms with E-state index in [0.717, 1.165) is 59.1 Å². The Kier molecular flexibility index (Phi) is 7.54. The van der Waals surface area contributed by atoms with Crippen molar-refractivity contribution in [2.75, 3.05) is 6.79 Å². The molecule has 0 atom stereocenters. The number of aromatic nitrogens is 2. The van der Waals surface area contributed by atoms with Crippen molar-refractivity contribution < 1.29 is 13.9 Å². The predicted octanol–water partition coefficient (Wildman–Crippen LogP) is 7.07. The van der Waals surface area contributed by atoms with E-state index in [1.165, 1.54) is 6.07 Å². The highest BCUT2D eigenvalue weighted by Gasteiger charge is 2.18. The van der Waals surface area contributed by atoms with Crippen LogP contribution in [0.5, 0.6) is 11.5 Å². The van der Waals surface area contributed by atoms with Gasteiger partial charge in [-0.05, 0) is 41.8 Å². The molecule has 2 heterocycles. The first-order chi connectivity index (χ1) is 17.6. The van der Waals surface area contributed by atoms with Crippen LogP contribution in [-0.2, 0) is 26.2 Å². The maximum absolute atomic E-state index is 13.8. The molecule has 0 amide bonds. The molecule has 0 radical (unpaired) electrons. The normalized spacial score (nSPS) is 12.4. The van der Waals surface area contributed by atoms with Crippen molar-refractivity contribution >= 4 is 11.6 Å². The fourth-order valence-corrected chi connectivity index (χ4v) is 4.71. The van der Waals surface area contributed by atoms with Crippen LogP contribution in [0, 0.1) is 5.82 Å². The Labute approximate surface area is 216 Å². The second-order valence-electron chi connectivity index (χ2n) is 9.03. The van der Waals surface area contributed by atoms with Gasteiger partial charge in [-0.15, -0.1) is 0 Å². The van der Waals surface area contributed by atoms with Gasteiger partial charge in [-0.3, -0.25) is 4.90 Å². The van der Waals surface area contributed by atoms with Crippen LogP contribution < -0.4 is 9.47 Å². The molecular weight excluding hydrogens is 477 g/mol. The number of imidazole rings is 1. The Bertz CT molecular complexity index is 1330. The highest BCUT2D eigenvalue weighted by molar-refractivity contribution is 6.30. The van der Waals surface area contributed by atoms with Crippen LogP contribution in [0.2, 0.25) is 5.02 Å². The molecule has 0 saturated heterocycles. The summed E-state index contributed by atoms with van der Waals surface area (Å²) < 4.78 is 27.2. The van der Waals surface area contributed by atoms with Gasteiger partial charge in [-0.2, -0.15) is 0 Å². The minimum atomic E-state index is -0.409. The van der Waals surface area contributed by atoms with Gasteiger partial charge in [0.25, 0.3) is 0 Å². The van der Waals surface area contributed by atoms with Gasteiger partial charge in [0.05, 0.1) is 16.9 Å². The minimum Gasteiger partial charge on any atom is -0.454 e. The van der Waals surface area contributed by atoms with Crippen molar-refractivity contribution in [1.29, 1.82) is 0 Å². The number of hydrogen-bond donors (Lipinski definition) is 0. The number of rotatable bonds is 10. The molecule has 0 bridgehead atoms. The minimum absolute atomic E-state index is 0.134. The van der Waals surface area contributed by atoms with E-state index in [9.17, 15) is 4.39 Å². The second kappa shape index (κ2) is 11.1. The van der Waals surface area contributed by atoms with Gasteiger partial charge in [0.15, 0.2) is 11.5 Å². The third kappa shape index (κ3) is 5.55. The van der Waals surface area contributed by atoms with Crippen LogP contribution in [0.1, 0.15) is 36.6 Å². The molecule has 36 heavy (non-hydrogen) atoms. The monoisotopic (exact) mass is 505 g/mol. The van der Waals surface area contributed by atoms with Gasteiger partial charge in [0, 0.05) is 31.7 Å². The van der Waals surface area contributed by atoms with E-state index in [0.29, 0.717) is 19.6 Å². The number of ether oxygens (including phenoxy) is 2. The van der Waals surface area contributed by atoms with Crippen molar-refractivity contribution in [2.45, 2.75) is 45.9 Å². The van der Waals surface area contributed by atoms with Gasteiger partial charge >= 0.3 is 0 Å². The SMILES string of the molecule is CCCCn1c(CN(Cc2ccc(F)c(Cl)c2)Cc2ccc3c(c2)OCO3)cnc1-c1ccccc1. The maximum Gasteiger partial charge on any atom is 0.231 e. The Morgan fingerprint density at radius 3 is 2.47 bits per heavy atom. The lowest BCUT2D eigenvalue weighted by molar-refractivity contribution is 0.174. The van der Waals surface area contributed by atoms with Gasteiger partial charge in [-0.25, -0.2) is 9.37 Å². The number of hydrogen-bond acceptors (Lipinski definition) is 4. The summed E-state index contributed by atoms with van der Waals surface area (Å²) in [5.41, 5.74) is 4.30. The van der Waals surface area contributed by atoms with E-state index in [1.807, 2.05) is 36.5 Å². The molecule has 0 aliphatic carbocycles. The molecule has 186 valence electrons. The Balaban J connectivity index is 1.45. The lowest BCUT2D eigenvalue weighted by Crippen LogP contribution is -2.24. The maximum atomic E-state index is 13.8. The predicted molar refractivity (Wildman–Crippen MR) is 139 cm³/mol. The van der Waals surface area contributed by atoms with Gasteiger partial charge < -0.3 is 14.0 Å². The quantitative estimate of drug-likeness (QED) is 0.231. The average molecular weight is 506 g/mol. The number of fused-ring (bicyclic) bond motifs is 1. The van der Waals surface area contributed by atoms with Crippen LogP contribution in [0.15, 0.2) is 72.9 Å². The zero-order valence-electron chi connectivity index (χ0n) is 20.3. The smallest absolute Gasteiger partial charge is 0.231 e. The van der Waals surface area contributed by atoms with E-state index in [1.54, 1.807) is 12.1 Å². The molecule has 1 aromatic heterocycles.